The van der Waals surface area contributed by atoms with Crippen molar-refractivity contribution in [3.63, 3.8) is 0 Å². The van der Waals surface area contributed by atoms with E-state index >= 15 is 0 Å². The smallest absolute Gasteiger partial charge is 0.338 e. The summed E-state index contributed by atoms with van der Waals surface area (Å²) in [5.74, 6) is -0.303. The van der Waals surface area contributed by atoms with Crippen LogP contribution in [0.25, 0.3) is 0 Å². The third-order valence-electron chi connectivity index (χ3n) is 7.22. The molecule has 1 aromatic rings. The molecule has 0 bridgehead atoms. The third-order valence-corrected chi connectivity index (χ3v) is 7.22. The number of nitrogens with zero attached hydrogens (tertiary/aromatic N) is 3. The van der Waals surface area contributed by atoms with Gasteiger partial charge in [-0.05, 0) is 37.3 Å². The van der Waals surface area contributed by atoms with Crippen LogP contribution in [0.1, 0.15) is 72.6 Å². The molecule has 1 aromatic carbocycles. The molecule has 8 nitrogen and oxygen atoms in total. The minimum absolute atomic E-state index is 0.00584. The van der Waals surface area contributed by atoms with E-state index < -0.39 is 12.0 Å². The number of carbonyl (C=O) groups excluding carboxylic acids is 3. The van der Waals surface area contributed by atoms with E-state index in [0.29, 0.717) is 44.0 Å². The fourth-order valence-corrected chi connectivity index (χ4v) is 5.13. The van der Waals surface area contributed by atoms with Gasteiger partial charge in [-0.1, -0.05) is 58.9 Å². The van der Waals surface area contributed by atoms with Gasteiger partial charge >= 0.3 is 12.0 Å². The van der Waals surface area contributed by atoms with Gasteiger partial charge in [0, 0.05) is 50.4 Å². The first-order chi connectivity index (χ1) is 17.4. The lowest BCUT2D eigenvalue weighted by atomic mass is 9.85. The van der Waals surface area contributed by atoms with Gasteiger partial charge < -0.3 is 15.0 Å². The van der Waals surface area contributed by atoms with Crippen molar-refractivity contribution in [3.8, 4) is 0 Å². The molecule has 0 aliphatic carbocycles. The Morgan fingerprint density at radius 1 is 1.11 bits per heavy atom. The van der Waals surface area contributed by atoms with Gasteiger partial charge in [-0.3, -0.25) is 14.6 Å². The molecule has 2 aliphatic heterocycles. The zero-order valence-electron chi connectivity index (χ0n) is 23.8. The maximum Gasteiger partial charge on any atom is 0.338 e. The zero-order chi connectivity index (χ0) is 27.5. The molecule has 2 atom stereocenters. The minimum atomic E-state index is -0.598. The lowest BCUT2D eigenvalue weighted by Crippen LogP contribution is -2.57. The zero-order valence-corrected chi connectivity index (χ0v) is 23.8. The molecular formula is C29H44N4O4. The van der Waals surface area contributed by atoms with Crippen LogP contribution in [0, 0.1) is 5.92 Å². The summed E-state index contributed by atoms with van der Waals surface area (Å²) >= 11 is 0. The van der Waals surface area contributed by atoms with Gasteiger partial charge in [0.15, 0.2) is 0 Å². The maximum absolute atomic E-state index is 13.4. The predicted molar refractivity (Wildman–Crippen MR) is 145 cm³/mol. The van der Waals surface area contributed by atoms with Crippen LogP contribution in [-0.4, -0.2) is 78.0 Å². The molecule has 8 heteroatoms. The van der Waals surface area contributed by atoms with Crippen LogP contribution in [0.15, 0.2) is 35.5 Å². The molecule has 2 aliphatic rings. The molecule has 0 radical (unpaired) electrons. The van der Waals surface area contributed by atoms with E-state index in [9.17, 15) is 14.4 Å². The van der Waals surface area contributed by atoms with Crippen molar-refractivity contribution in [1.29, 1.82) is 0 Å². The Bertz CT molecular complexity index is 1030. The molecule has 0 spiro atoms. The third kappa shape index (κ3) is 6.35. The van der Waals surface area contributed by atoms with E-state index in [-0.39, 0.29) is 35.9 Å². The lowest BCUT2D eigenvalue weighted by Gasteiger charge is -2.43. The van der Waals surface area contributed by atoms with Gasteiger partial charge in [-0.2, -0.15) is 0 Å². The van der Waals surface area contributed by atoms with E-state index in [1.165, 1.54) is 5.56 Å². The van der Waals surface area contributed by atoms with Crippen LogP contribution in [0.5, 0.6) is 0 Å². The quantitative estimate of drug-likeness (QED) is 0.557. The first-order valence-corrected chi connectivity index (χ1v) is 13.5. The van der Waals surface area contributed by atoms with E-state index in [2.05, 4.69) is 50.0 Å². The average Bonchev–Trinajstić information content (AvgIpc) is 2.83. The van der Waals surface area contributed by atoms with Gasteiger partial charge in [0.2, 0.25) is 5.91 Å². The Kier molecular flexibility index (Phi) is 9.05. The number of ether oxygens (including phenoxy) is 1. The second kappa shape index (κ2) is 11.7. The molecule has 0 aromatic heterocycles. The number of amides is 3. The molecule has 3 amide bonds. The molecule has 1 saturated heterocycles. The average molecular weight is 513 g/mol. The summed E-state index contributed by atoms with van der Waals surface area (Å²) in [4.78, 5) is 45.1. The molecule has 2 unspecified atom stereocenters. The summed E-state index contributed by atoms with van der Waals surface area (Å²) in [6.45, 7) is 19.1. The summed E-state index contributed by atoms with van der Waals surface area (Å²) in [5.41, 5.74) is 3.16. The van der Waals surface area contributed by atoms with Gasteiger partial charge in [0.25, 0.3) is 0 Å². The number of urea groups is 1. The molecule has 1 fully saturated rings. The monoisotopic (exact) mass is 512 g/mol. The maximum atomic E-state index is 13.4. The summed E-state index contributed by atoms with van der Waals surface area (Å²) in [5, 5.41) is 3.05. The number of piperazine rings is 1. The number of esters is 1. The Morgan fingerprint density at radius 3 is 2.27 bits per heavy atom. The van der Waals surface area contributed by atoms with E-state index in [1.807, 2.05) is 37.8 Å². The molecule has 204 valence electrons. The Morgan fingerprint density at radius 2 is 1.76 bits per heavy atom. The molecule has 1 N–H and O–H groups in total. The normalized spacial score (nSPS) is 21.4. The summed E-state index contributed by atoms with van der Waals surface area (Å²) in [6, 6.07) is 7.32. The summed E-state index contributed by atoms with van der Waals surface area (Å²) < 4.78 is 5.51. The SMILES string of the molecule is CCOC(=O)C1=C(CN2CCN(C(=O)C(C)C)C(C)C2)N(CC)C(=O)NC1c1ccc(C(C)(C)C)cc1. The Labute approximate surface area is 222 Å². The predicted octanol–water partition coefficient (Wildman–Crippen LogP) is 4.08. The van der Waals surface area contributed by atoms with E-state index in [0.717, 1.165) is 5.56 Å². The van der Waals surface area contributed by atoms with Crippen molar-refractivity contribution in [2.45, 2.75) is 72.9 Å². The van der Waals surface area contributed by atoms with Gasteiger partial charge in [-0.15, -0.1) is 0 Å². The Balaban J connectivity index is 1.99. The number of rotatable bonds is 7. The standard InChI is InChI=1S/C29H44N4O4/c1-9-32-23(18-31-15-16-33(20(5)17-31)26(34)19(3)4)24(27(35)37-10-2)25(30-28(32)36)21-11-13-22(14-12-21)29(6,7)8/h11-14,19-20,25H,9-10,15-18H2,1-8H3,(H,30,36). The highest BCUT2D eigenvalue weighted by Crippen LogP contribution is 2.33. The van der Waals surface area contributed by atoms with Crippen LogP contribution in [0.2, 0.25) is 0 Å². The molecule has 2 heterocycles. The number of hydrogen-bond donors (Lipinski definition) is 1. The fourth-order valence-electron chi connectivity index (χ4n) is 5.13. The van der Waals surface area contributed by atoms with Crippen LogP contribution >= 0.6 is 0 Å². The highest BCUT2D eigenvalue weighted by Gasteiger charge is 2.39. The van der Waals surface area contributed by atoms with Gasteiger partial charge in [0.05, 0.1) is 18.2 Å². The van der Waals surface area contributed by atoms with Crippen molar-refractivity contribution in [2.75, 3.05) is 39.3 Å². The number of nitrogens with one attached hydrogen (secondary N) is 1. The minimum Gasteiger partial charge on any atom is -0.463 e. The molecule has 0 saturated carbocycles. The Hall–Kier alpha value is -2.87. The van der Waals surface area contributed by atoms with Crippen LogP contribution in [0.4, 0.5) is 4.79 Å². The first kappa shape index (κ1) is 28.7. The van der Waals surface area contributed by atoms with Gasteiger partial charge in [0.1, 0.15) is 0 Å². The first-order valence-electron chi connectivity index (χ1n) is 13.5. The fraction of sp³-hybridized carbons (Fsp3) is 0.621. The number of benzene rings is 1. The van der Waals surface area contributed by atoms with Crippen LogP contribution in [-0.2, 0) is 19.7 Å². The highest BCUT2D eigenvalue weighted by atomic mass is 16.5. The largest absolute Gasteiger partial charge is 0.463 e. The number of carbonyl (C=O) groups is 3. The molecule has 3 rings (SSSR count). The van der Waals surface area contributed by atoms with Crippen LogP contribution in [0.3, 0.4) is 0 Å². The second-order valence-electron chi connectivity index (χ2n) is 11.4. The molecule has 37 heavy (non-hydrogen) atoms. The molecular weight excluding hydrogens is 468 g/mol. The van der Waals surface area contributed by atoms with Crippen molar-refractivity contribution in [1.82, 2.24) is 20.0 Å². The number of likely N-dealkylation sites (N-methyl/N-ethyl adjacent to an activating group) is 1. The van der Waals surface area contributed by atoms with Crippen molar-refractivity contribution < 1.29 is 19.1 Å². The van der Waals surface area contributed by atoms with Crippen molar-refractivity contribution in [3.05, 3.63) is 46.7 Å². The lowest BCUT2D eigenvalue weighted by molar-refractivity contribution is -0.139. The van der Waals surface area contributed by atoms with E-state index in [4.69, 9.17) is 4.74 Å². The second-order valence-corrected chi connectivity index (χ2v) is 11.4. The topological polar surface area (TPSA) is 82.2 Å². The van der Waals surface area contributed by atoms with Crippen molar-refractivity contribution >= 4 is 17.9 Å². The van der Waals surface area contributed by atoms with Crippen LogP contribution < -0.4 is 5.32 Å². The number of hydrogen-bond acceptors (Lipinski definition) is 5. The van der Waals surface area contributed by atoms with E-state index in [1.54, 1.807) is 11.8 Å². The highest BCUT2D eigenvalue weighted by molar-refractivity contribution is 5.95. The summed E-state index contributed by atoms with van der Waals surface area (Å²) in [7, 11) is 0. The van der Waals surface area contributed by atoms with Crippen molar-refractivity contribution in [2.24, 2.45) is 5.92 Å². The van der Waals surface area contributed by atoms with Gasteiger partial charge in [-0.25, -0.2) is 9.59 Å². The summed E-state index contributed by atoms with van der Waals surface area (Å²) in [6.07, 6.45) is 0.